The number of hydrogen-bond donors (Lipinski definition) is 2. The van der Waals surface area contributed by atoms with Crippen LogP contribution in [0, 0.1) is 5.82 Å². The van der Waals surface area contributed by atoms with Crippen molar-refractivity contribution in [2.75, 3.05) is 11.2 Å². The fourth-order valence-corrected chi connectivity index (χ4v) is 2.26. The largest absolute Gasteiger partial charge is 0.383 e. The zero-order valence-corrected chi connectivity index (χ0v) is 12.0. The number of hydrazone groups is 1. The topological polar surface area (TPSA) is 63.3 Å². The van der Waals surface area contributed by atoms with Crippen LogP contribution in [0.4, 0.5) is 15.3 Å². The van der Waals surface area contributed by atoms with Gasteiger partial charge in [-0.1, -0.05) is 11.6 Å². The molecule has 4 nitrogen and oxygen atoms in total. The van der Waals surface area contributed by atoms with Crippen molar-refractivity contribution < 1.29 is 4.39 Å². The summed E-state index contributed by atoms with van der Waals surface area (Å²) in [6.45, 7) is 0. The molecular weight excluding hydrogens is 343 g/mol. The SMILES string of the molecule is Nc1csc(NN=Cc2cc(F)c(Cl)c(Br)c2)n1. The van der Waals surface area contributed by atoms with Gasteiger partial charge in [-0.25, -0.2) is 9.37 Å². The molecule has 1 aromatic carbocycles. The molecule has 0 aliphatic rings. The molecule has 0 amide bonds. The second-order valence-corrected chi connectivity index (χ2v) is 5.34. The Hall–Kier alpha value is -1.18. The highest BCUT2D eigenvalue weighted by molar-refractivity contribution is 9.10. The van der Waals surface area contributed by atoms with Crippen LogP contribution in [0.5, 0.6) is 0 Å². The van der Waals surface area contributed by atoms with Gasteiger partial charge in [0, 0.05) is 9.85 Å². The highest BCUT2D eigenvalue weighted by atomic mass is 79.9. The summed E-state index contributed by atoms with van der Waals surface area (Å²) in [6, 6.07) is 2.95. The fraction of sp³-hybridized carbons (Fsp3) is 0. The number of nitrogens with zero attached hydrogens (tertiary/aromatic N) is 2. The first-order chi connectivity index (χ1) is 8.56. The second kappa shape index (κ2) is 5.64. The first-order valence-electron chi connectivity index (χ1n) is 4.71. The van der Waals surface area contributed by atoms with Crippen LogP contribution < -0.4 is 11.2 Å². The molecule has 0 aliphatic carbocycles. The first-order valence-corrected chi connectivity index (χ1v) is 6.76. The van der Waals surface area contributed by atoms with Crippen molar-refractivity contribution in [1.82, 2.24) is 4.98 Å². The van der Waals surface area contributed by atoms with Crippen LogP contribution in [-0.2, 0) is 0 Å². The summed E-state index contributed by atoms with van der Waals surface area (Å²) in [7, 11) is 0. The van der Waals surface area contributed by atoms with Gasteiger partial charge in [0.15, 0.2) is 0 Å². The minimum atomic E-state index is -0.508. The van der Waals surface area contributed by atoms with E-state index in [4.69, 9.17) is 17.3 Å². The van der Waals surface area contributed by atoms with Crippen molar-refractivity contribution in [2.24, 2.45) is 5.10 Å². The number of nitrogen functional groups attached to an aromatic ring is 1. The smallest absolute Gasteiger partial charge is 0.205 e. The maximum absolute atomic E-state index is 13.3. The summed E-state index contributed by atoms with van der Waals surface area (Å²) in [4.78, 5) is 3.96. The van der Waals surface area contributed by atoms with E-state index in [1.807, 2.05) is 0 Å². The second-order valence-electron chi connectivity index (χ2n) is 3.25. The molecule has 0 atom stereocenters. The monoisotopic (exact) mass is 348 g/mol. The molecule has 0 saturated heterocycles. The summed E-state index contributed by atoms with van der Waals surface area (Å²) in [5, 5.41) is 6.23. The maximum atomic E-state index is 13.3. The Morgan fingerprint density at radius 1 is 1.56 bits per heavy atom. The van der Waals surface area contributed by atoms with E-state index in [-0.39, 0.29) is 5.02 Å². The number of nitrogens with one attached hydrogen (secondary N) is 1. The van der Waals surface area contributed by atoms with Crippen molar-refractivity contribution >= 4 is 56.0 Å². The molecule has 0 bridgehead atoms. The van der Waals surface area contributed by atoms with E-state index in [0.717, 1.165) is 0 Å². The average molecular weight is 350 g/mol. The lowest BCUT2D eigenvalue weighted by Crippen LogP contribution is -1.92. The zero-order valence-electron chi connectivity index (χ0n) is 8.82. The molecular formula is C10H7BrClFN4S. The van der Waals surface area contributed by atoms with Crippen LogP contribution in [0.3, 0.4) is 0 Å². The molecule has 18 heavy (non-hydrogen) atoms. The predicted octanol–water partition coefficient (Wildman–Crippen LogP) is 3.73. The van der Waals surface area contributed by atoms with Crippen LogP contribution in [0.2, 0.25) is 5.02 Å². The minimum Gasteiger partial charge on any atom is -0.383 e. The molecule has 8 heteroatoms. The van der Waals surface area contributed by atoms with Crippen molar-refractivity contribution in [2.45, 2.75) is 0 Å². The highest BCUT2D eigenvalue weighted by Gasteiger charge is 2.05. The number of nitrogens with two attached hydrogens (primary N) is 1. The van der Waals surface area contributed by atoms with Crippen molar-refractivity contribution in [3.8, 4) is 0 Å². The standard InChI is InChI=1S/C10H7BrClFN4S/c11-6-1-5(2-7(13)9(6)12)3-15-17-10-16-8(14)4-18-10/h1-4H,14H2,(H,16,17). The summed E-state index contributed by atoms with van der Waals surface area (Å²) in [5.74, 6) is -0.0797. The Balaban J connectivity index is 2.09. The Morgan fingerprint density at radius 2 is 2.33 bits per heavy atom. The van der Waals surface area contributed by atoms with E-state index in [0.29, 0.717) is 21.0 Å². The van der Waals surface area contributed by atoms with Gasteiger partial charge < -0.3 is 5.73 Å². The molecule has 0 aliphatic heterocycles. The number of rotatable bonds is 3. The van der Waals surface area contributed by atoms with Crippen molar-refractivity contribution in [3.05, 3.63) is 38.4 Å². The predicted molar refractivity (Wildman–Crippen MR) is 76.9 cm³/mol. The fourth-order valence-electron chi connectivity index (χ4n) is 1.15. The third-order valence-electron chi connectivity index (χ3n) is 1.90. The third kappa shape index (κ3) is 3.18. The van der Waals surface area contributed by atoms with Gasteiger partial charge in [-0.05, 0) is 33.6 Å². The maximum Gasteiger partial charge on any atom is 0.205 e. The molecule has 2 rings (SSSR count). The summed E-state index contributed by atoms with van der Waals surface area (Å²) in [5.41, 5.74) is 8.72. The lowest BCUT2D eigenvalue weighted by Gasteiger charge is -2.00. The van der Waals surface area contributed by atoms with E-state index < -0.39 is 5.82 Å². The Labute approximate surface area is 120 Å². The number of thiazole rings is 1. The number of benzene rings is 1. The van der Waals surface area contributed by atoms with Gasteiger partial charge in [0.1, 0.15) is 11.6 Å². The van der Waals surface area contributed by atoms with Gasteiger partial charge in [0.05, 0.1) is 11.2 Å². The molecule has 1 aromatic heterocycles. The van der Waals surface area contributed by atoms with Gasteiger partial charge in [-0.2, -0.15) is 5.10 Å². The molecule has 0 spiro atoms. The molecule has 1 heterocycles. The van der Waals surface area contributed by atoms with Gasteiger partial charge in [-0.3, -0.25) is 5.43 Å². The zero-order chi connectivity index (χ0) is 13.1. The third-order valence-corrected chi connectivity index (χ3v) is 3.90. The van der Waals surface area contributed by atoms with Crippen LogP contribution >= 0.6 is 38.9 Å². The molecule has 0 unspecified atom stereocenters. The van der Waals surface area contributed by atoms with Crippen LogP contribution in [-0.4, -0.2) is 11.2 Å². The Morgan fingerprint density at radius 3 is 2.94 bits per heavy atom. The van der Waals surface area contributed by atoms with E-state index in [1.54, 1.807) is 11.4 Å². The average Bonchev–Trinajstić information content (AvgIpc) is 2.72. The van der Waals surface area contributed by atoms with Crippen LogP contribution in [0.25, 0.3) is 0 Å². The molecule has 2 aromatic rings. The Bertz CT molecular complexity index is 578. The van der Waals surface area contributed by atoms with E-state index in [9.17, 15) is 4.39 Å². The summed E-state index contributed by atoms with van der Waals surface area (Å²) < 4.78 is 13.8. The van der Waals surface area contributed by atoms with Crippen molar-refractivity contribution in [1.29, 1.82) is 0 Å². The number of anilines is 2. The van der Waals surface area contributed by atoms with Crippen molar-refractivity contribution in [3.63, 3.8) is 0 Å². The van der Waals surface area contributed by atoms with Gasteiger partial charge in [0.2, 0.25) is 5.13 Å². The molecule has 0 saturated carbocycles. The van der Waals surface area contributed by atoms with Crippen LogP contribution in [0.15, 0.2) is 27.1 Å². The normalized spacial score (nSPS) is 11.1. The highest BCUT2D eigenvalue weighted by Crippen LogP contribution is 2.26. The first kappa shape index (κ1) is 13.3. The quantitative estimate of drug-likeness (QED) is 0.504. The van der Waals surface area contributed by atoms with Gasteiger partial charge in [-0.15, -0.1) is 11.3 Å². The molecule has 0 fully saturated rings. The molecule has 94 valence electrons. The molecule has 0 radical (unpaired) electrons. The van der Waals surface area contributed by atoms with Crippen LogP contribution in [0.1, 0.15) is 5.56 Å². The van der Waals surface area contributed by atoms with Gasteiger partial charge in [0.25, 0.3) is 0 Å². The van der Waals surface area contributed by atoms with Gasteiger partial charge >= 0.3 is 0 Å². The molecule has 3 N–H and O–H groups in total. The van der Waals surface area contributed by atoms with E-state index in [2.05, 4.69) is 31.4 Å². The number of hydrogen-bond acceptors (Lipinski definition) is 5. The number of halogens is 3. The summed E-state index contributed by atoms with van der Waals surface area (Å²) in [6.07, 6.45) is 1.46. The van der Waals surface area contributed by atoms with E-state index in [1.165, 1.54) is 23.6 Å². The minimum absolute atomic E-state index is 0.0489. The summed E-state index contributed by atoms with van der Waals surface area (Å²) >= 11 is 10.2. The lowest BCUT2D eigenvalue weighted by molar-refractivity contribution is 0.627. The number of aromatic nitrogens is 1. The van der Waals surface area contributed by atoms with E-state index >= 15 is 0 Å². The Kier molecular flexibility index (Phi) is 4.15. The lowest BCUT2D eigenvalue weighted by atomic mass is 10.2.